The molecule has 2 aromatic carbocycles. The van der Waals surface area contributed by atoms with Gasteiger partial charge in [-0.1, -0.05) is 9.01 Å². The maximum atomic E-state index is 14.1. The number of carbonyl (C=O) groups excluding carboxylic acids is 1. The number of nitrogens with one attached hydrogen (secondary N) is 1. The summed E-state index contributed by atoms with van der Waals surface area (Å²) in [6.45, 7) is 1.31. The van der Waals surface area contributed by atoms with E-state index in [2.05, 4.69) is 5.32 Å². The standard InChI is InChI=1S/C14H12F2N2O3S/c1-10(19)17-12-4-8-14(9-5-12)22(20,21)18(16)13-6-2-11(15)3-7-13/h2-9H,1H3,(H,17,19). The van der Waals surface area contributed by atoms with Crippen molar-refractivity contribution in [2.24, 2.45) is 0 Å². The third-order valence-corrected chi connectivity index (χ3v) is 4.21. The van der Waals surface area contributed by atoms with Crippen molar-refractivity contribution < 1.29 is 22.1 Å². The summed E-state index contributed by atoms with van der Waals surface area (Å²) >= 11 is 0. The van der Waals surface area contributed by atoms with Gasteiger partial charge in [0, 0.05) is 12.6 Å². The summed E-state index contributed by atoms with van der Waals surface area (Å²) < 4.78 is 50.7. The van der Waals surface area contributed by atoms with Crippen LogP contribution in [-0.4, -0.2) is 14.3 Å². The number of nitrogens with zero attached hydrogens (tertiary/aromatic N) is 1. The number of amides is 1. The van der Waals surface area contributed by atoms with Crippen LogP contribution in [0.5, 0.6) is 0 Å². The zero-order valence-electron chi connectivity index (χ0n) is 11.5. The first-order valence-corrected chi connectivity index (χ1v) is 7.59. The molecule has 22 heavy (non-hydrogen) atoms. The SMILES string of the molecule is CC(=O)Nc1ccc(S(=O)(=O)N(F)c2ccc(F)cc2)cc1. The molecular weight excluding hydrogens is 314 g/mol. The first-order chi connectivity index (χ1) is 10.3. The van der Waals surface area contributed by atoms with E-state index in [1.165, 1.54) is 19.1 Å². The maximum Gasteiger partial charge on any atom is 0.290 e. The summed E-state index contributed by atoms with van der Waals surface area (Å²) in [5.74, 6) is -0.914. The summed E-state index contributed by atoms with van der Waals surface area (Å²) in [5.41, 5.74) is 0.0750. The number of carbonyl (C=O) groups is 1. The van der Waals surface area contributed by atoms with Crippen LogP contribution in [0.25, 0.3) is 0 Å². The molecule has 0 spiro atoms. The fourth-order valence-electron chi connectivity index (χ4n) is 1.70. The van der Waals surface area contributed by atoms with Crippen molar-refractivity contribution in [2.45, 2.75) is 11.8 Å². The van der Waals surface area contributed by atoms with E-state index in [0.717, 1.165) is 36.4 Å². The van der Waals surface area contributed by atoms with E-state index in [-0.39, 0.29) is 16.5 Å². The molecule has 0 radical (unpaired) electrons. The van der Waals surface area contributed by atoms with Gasteiger partial charge in [0.1, 0.15) is 5.82 Å². The maximum absolute atomic E-state index is 14.1. The van der Waals surface area contributed by atoms with E-state index in [0.29, 0.717) is 5.69 Å². The summed E-state index contributed by atoms with van der Waals surface area (Å²) in [4.78, 5) is 10.6. The van der Waals surface area contributed by atoms with Crippen molar-refractivity contribution in [3.05, 3.63) is 54.3 Å². The largest absolute Gasteiger partial charge is 0.326 e. The zero-order valence-corrected chi connectivity index (χ0v) is 12.3. The molecule has 0 unspecified atom stereocenters. The van der Waals surface area contributed by atoms with Crippen molar-refractivity contribution in [1.29, 1.82) is 0 Å². The molecule has 0 saturated heterocycles. The normalized spacial score (nSPS) is 11.0. The fraction of sp³-hybridized carbons (Fsp3) is 0.0714. The molecular formula is C14H12F2N2O3S. The predicted molar refractivity (Wildman–Crippen MR) is 77.9 cm³/mol. The lowest BCUT2D eigenvalue weighted by Gasteiger charge is -2.14. The zero-order chi connectivity index (χ0) is 16.3. The van der Waals surface area contributed by atoms with Crippen molar-refractivity contribution in [3.8, 4) is 0 Å². The summed E-state index contributed by atoms with van der Waals surface area (Å²) in [5, 5.41) is 2.47. The number of rotatable bonds is 4. The lowest BCUT2D eigenvalue weighted by atomic mass is 10.3. The van der Waals surface area contributed by atoms with E-state index in [1.807, 2.05) is 0 Å². The summed E-state index contributed by atoms with van der Waals surface area (Å²) in [6, 6.07) is 8.94. The van der Waals surface area contributed by atoms with Gasteiger partial charge in [-0.05, 0) is 48.5 Å². The molecule has 0 atom stereocenters. The van der Waals surface area contributed by atoms with Gasteiger partial charge in [0.25, 0.3) is 10.0 Å². The second-order valence-electron chi connectivity index (χ2n) is 4.40. The third kappa shape index (κ3) is 3.40. The number of hydrogen-bond donors (Lipinski definition) is 1. The van der Waals surface area contributed by atoms with Crippen LogP contribution in [0.15, 0.2) is 53.4 Å². The molecule has 2 rings (SSSR count). The third-order valence-electron chi connectivity index (χ3n) is 2.71. The van der Waals surface area contributed by atoms with Crippen molar-refractivity contribution in [3.63, 3.8) is 0 Å². The van der Waals surface area contributed by atoms with Crippen LogP contribution in [0, 0.1) is 5.82 Å². The van der Waals surface area contributed by atoms with Crippen LogP contribution in [-0.2, 0) is 14.8 Å². The molecule has 1 N–H and O–H groups in total. The molecule has 0 fully saturated rings. The minimum absolute atomic E-state index is 0.298. The summed E-state index contributed by atoms with van der Waals surface area (Å²) in [6.07, 6.45) is 0. The van der Waals surface area contributed by atoms with Crippen LogP contribution in [0.3, 0.4) is 0 Å². The van der Waals surface area contributed by atoms with Gasteiger partial charge in [0.05, 0.1) is 10.6 Å². The van der Waals surface area contributed by atoms with E-state index in [1.54, 1.807) is 0 Å². The highest BCUT2D eigenvalue weighted by atomic mass is 32.2. The number of anilines is 2. The predicted octanol–water partition coefficient (Wildman–Crippen LogP) is 2.86. The molecule has 2 aromatic rings. The molecule has 0 aliphatic rings. The van der Waals surface area contributed by atoms with Gasteiger partial charge < -0.3 is 5.32 Å². The van der Waals surface area contributed by atoms with Crippen molar-refractivity contribution in [2.75, 3.05) is 9.84 Å². The topological polar surface area (TPSA) is 66.5 Å². The Kier molecular flexibility index (Phi) is 4.41. The quantitative estimate of drug-likeness (QED) is 0.879. The average Bonchev–Trinajstić information content (AvgIpc) is 2.47. The molecule has 0 heterocycles. The molecule has 116 valence electrons. The van der Waals surface area contributed by atoms with Gasteiger partial charge >= 0.3 is 0 Å². The average molecular weight is 326 g/mol. The van der Waals surface area contributed by atoms with Crippen LogP contribution in [0.4, 0.5) is 20.2 Å². The Hall–Kier alpha value is -2.48. The molecule has 0 aliphatic heterocycles. The Morgan fingerprint density at radius 3 is 2.09 bits per heavy atom. The number of benzene rings is 2. The Balaban J connectivity index is 2.29. The fourth-order valence-corrected chi connectivity index (χ4v) is 2.77. The Bertz CT molecular complexity index is 775. The van der Waals surface area contributed by atoms with Gasteiger partial charge in [0.15, 0.2) is 0 Å². The molecule has 0 bridgehead atoms. The van der Waals surface area contributed by atoms with Gasteiger partial charge in [-0.2, -0.15) is 8.42 Å². The van der Waals surface area contributed by atoms with E-state index in [4.69, 9.17) is 0 Å². The van der Waals surface area contributed by atoms with E-state index >= 15 is 0 Å². The lowest BCUT2D eigenvalue weighted by Crippen LogP contribution is -2.22. The van der Waals surface area contributed by atoms with E-state index in [9.17, 15) is 22.1 Å². The van der Waals surface area contributed by atoms with Crippen LogP contribution in [0.2, 0.25) is 0 Å². The first kappa shape index (κ1) is 15.9. The second kappa shape index (κ2) is 6.10. The summed E-state index contributed by atoms with van der Waals surface area (Å²) in [7, 11) is -4.42. The second-order valence-corrected chi connectivity index (χ2v) is 6.14. The van der Waals surface area contributed by atoms with Gasteiger partial charge in [-0.25, -0.2) is 4.39 Å². The Morgan fingerprint density at radius 2 is 1.59 bits per heavy atom. The molecule has 1 amide bonds. The number of hydrogen-bond acceptors (Lipinski definition) is 3. The molecule has 5 nitrogen and oxygen atoms in total. The van der Waals surface area contributed by atoms with Crippen LogP contribution in [0.1, 0.15) is 6.92 Å². The lowest BCUT2D eigenvalue weighted by molar-refractivity contribution is -0.114. The smallest absolute Gasteiger partial charge is 0.290 e. The minimum atomic E-state index is -4.42. The van der Waals surface area contributed by atoms with Gasteiger partial charge in [0.2, 0.25) is 5.91 Å². The van der Waals surface area contributed by atoms with Gasteiger partial charge in [-0.15, -0.1) is 0 Å². The minimum Gasteiger partial charge on any atom is -0.326 e. The number of halogens is 2. The molecule has 0 aliphatic carbocycles. The van der Waals surface area contributed by atoms with Crippen LogP contribution >= 0.6 is 0 Å². The van der Waals surface area contributed by atoms with Crippen LogP contribution < -0.4 is 9.84 Å². The van der Waals surface area contributed by atoms with Crippen molar-refractivity contribution in [1.82, 2.24) is 0 Å². The monoisotopic (exact) mass is 326 g/mol. The number of sulfonamides is 1. The Labute approximate surface area is 126 Å². The molecule has 8 heteroatoms. The van der Waals surface area contributed by atoms with Gasteiger partial charge in [-0.3, -0.25) is 4.79 Å². The molecule has 0 saturated carbocycles. The molecule has 0 aromatic heterocycles. The van der Waals surface area contributed by atoms with Crippen molar-refractivity contribution >= 4 is 27.3 Å². The Morgan fingerprint density at radius 1 is 1.05 bits per heavy atom. The highest BCUT2D eigenvalue weighted by Gasteiger charge is 2.25. The van der Waals surface area contributed by atoms with E-state index < -0.39 is 20.4 Å². The first-order valence-electron chi connectivity index (χ1n) is 6.15. The highest BCUT2D eigenvalue weighted by Crippen LogP contribution is 2.25. The highest BCUT2D eigenvalue weighted by molar-refractivity contribution is 7.92.